The first-order valence-corrected chi connectivity index (χ1v) is 6.05. The predicted molar refractivity (Wildman–Crippen MR) is 51.6 cm³/mol. The van der Waals surface area contributed by atoms with Gasteiger partial charge in [0, 0.05) is 0 Å². The van der Waals surface area contributed by atoms with Gasteiger partial charge in [-0.1, -0.05) is 15.9 Å². The number of thioether (sulfide) groups is 1. The quantitative estimate of drug-likeness (QED) is 0.552. The van der Waals surface area contributed by atoms with E-state index >= 15 is 0 Å². The van der Waals surface area contributed by atoms with Crippen LogP contribution < -0.4 is 0 Å². The molecule has 0 aromatic heterocycles. The van der Waals surface area contributed by atoms with Gasteiger partial charge in [-0.2, -0.15) is 11.8 Å². The third-order valence-electron chi connectivity index (χ3n) is 1.36. The van der Waals surface area contributed by atoms with Gasteiger partial charge in [-0.15, -0.1) is 0 Å². The summed E-state index contributed by atoms with van der Waals surface area (Å²) in [6, 6.07) is 0. The van der Waals surface area contributed by atoms with Crippen LogP contribution in [0.3, 0.4) is 0 Å². The van der Waals surface area contributed by atoms with Crippen molar-refractivity contribution in [1.29, 1.82) is 0 Å². The topological polar surface area (TPSA) is 35.5 Å². The zero-order valence-electron chi connectivity index (χ0n) is 6.62. The lowest BCUT2D eigenvalue weighted by molar-refractivity contribution is -0.169. The average molecular weight is 255 g/mol. The molecule has 1 fully saturated rings. The minimum Gasteiger partial charge on any atom is -0.434 e. The van der Waals surface area contributed by atoms with Crippen LogP contribution in [0.5, 0.6) is 0 Å². The van der Waals surface area contributed by atoms with Crippen molar-refractivity contribution in [1.82, 2.24) is 0 Å². The van der Waals surface area contributed by atoms with Crippen molar-refractivity contribution in [2.75, 3.05) is 23.4 Å². The van der Waals surface area contributed by atoms with E-state index in [1.807, 2.05) is 0 Å². The van der Waals surface area contributed by atoms with Gasteiger partial charge in [-0.3, -0.25) is 4.79 Å². The van der Waals surface area contributed by atoms with Crippen molar-refractivity contribution in [2.24, 2.45) is 0 Å². The van der Waals surface area contributed by atoms with E-state index in [4.69, 9.17) is 9.47 Å². The molecule has 1 heterocycles. The van der Waals surface area contributed by atoms with Crippen LogP contribution in [-0.2, 0) is 14.3 Å². The molecule has 5 heteroatoms. The Morgan fingerprint density at radius 2 is 2.58 bits per heavy atom. The highest BCUT2D eigenvalue weighted by molar-refractivity contribution is 9.09. The minimum atomic E-state index is -0.345. The minimum absolute atomic E-state index is 0.234. The molecule has 0 N–H and O–H groups in total. The normalized spacial score (nSPS) is 24.6. The number of hydrogen-bond donors (Lipinski definition) is 0. The van der Waals surface area contributed by atoms with Gasteiger partial charge in [0.25, 0.3) is 0 Å². The van der Waals surface area contributed by atoms with E-state index in [2.05, 4.69) is 15.9 Å². The van der Waals surface area contributed by atoms with Gasteiger partial charge in [0.1, 0.15) is 5.33 Å². The molecule has 0 aliphatic carbocycles. The lowest BCUT2D eigenvalue weighted by Crippen LogP contribution is -2.23. The highest BCUT2D eigenvalue weighted by Crippen LogP contribution is 2.14. The standard InChI is InChI=1S/C7H11BrO3S/c8-4-6(9)11-7-5-12-3-1-2-10-7/h7H,1-5H2. The molecule has 1 rings (SSSR count). The lowest BCUT2D eigenvalue weighted by atomic mass is 10.5. The van der Waals surface area contributed by atoms with Gasteiger partial charge in [-0.05, 0) is 12.2 Å². The molecule has 1 aliphatic heterocycles. The number of alkyl halides is 1. The molecule has 1 unspecified atom stereocenters. The van der Waals surface area contributed by atoms with Gasteiger partial charge >= 0.3 is 5.97 Å². The summed E-state index contributed by atoms with van der Waals surface area (Å²) >= 11 is 4.78. The predicted octanol–water partition coefficient (Wildman–Crippen LogP) is 1.40. The average Bonchev–Trinajstić information content (AvgIpc) is 2.33. The van der Waals surface area contributed by atoms with Crippen molar-refractivity contribution in [3.8, 4) is 0 Å². The molecule has 0 aromatic carbocycles. The zero-order chi connectivity index (χ0) is 8.81. The zero-order valence-corrected chi connectivity index (χ0v) is 9.03. The second kappa shape index (κ2) is 5.83. The molecule has 0 radical (unpaired) electrons. The highest BCUT2D eigenvalue weighted by atomic mass is 79.9. The Balaban J connectivity index is 2.24. The maximum Gasteiger partial charge on any atom is 0.318 e. The molecule has 1 saturated heterocycles. The van der Waals surface area contributed by atoms with Crippen molar-refractivity contribution >= 4 is 33.7 Å². The van der Waals surface area contributed by atoms with E-state index in [9.17, 15) is 4.79 Å². The molecule has 70 valence electrons. The monoisotopic (exact) mass is 254 g/mol. The Bertz CT molecular complexity index is 146. The summed E-state index contributed by atoms with van der Waals surface area (Å²) in [7, 11) is 0. The third-order valence-corrected chi connectivity index (χ3v) is 2.91. The SMILES string of the molecule is O=C(CBr)OC1CSCCCO1. The van der Waals surface area contributed by atoms with Gasteiger partial charge in [-0.25, -0.2) is 0 Å². The second-order valence-electron chi connectivity index (χ2n) is 2.35. The van der Waals surface area contributed by atoms with E-state index in [0.717, 1.165) is 17.9 Å². The Labute approximate surface area is 84.3 Å². The van der Waals surface area contributed by atoms with Crippen LogP contribution in [0.1, 0.15) is 6.42 Å². The molecular formula is C7H11BrO3S. The van der Waals surface area contributed by atoms with Crippen molar-refractivity contribution in [3.63, 3.8) is 0 Å². The molecular weight excluding hydrogens is 244 g/mol. The number of ether oxygens (including phenoxy) is 2. The largest absolute Gasteiger partial charge is 0.434 e. The summed E-state index contributed by atoms with van der Waals surface area (Å²) in [5, 5.41) is 0.234. The van der Waals surface area contributed by atoms with Crippen molar-refractivity contribution in [3.05, 3.63) is 0 Å². The summed E-state index contributed by atoms with van der Waals surface area (Å²) in [4.78, 5) is 10.8. The Morgan fingerprint density at radius 1 is 1.75 bits per heavy atom. The van der Waals surface area contributed by atoms with Crippen LogP contribution in [0.15, 0.2) is 0 Å². The Hall–Kier alpha value is 0.260. The summed E-state index contributed by atoms with van der Waals surface area (Å²) in [5.41, 5.74) is 0. The van der Waals surface area contributed by atoms with Crippen molar-refractivity contribution < 1.29 is 14.3 Å². The second-order valence-corrected chi connectivity index (χ2v) is 4.06. The Morgan fingerprint density at radius 3 is 3.33 bits per heavy atom. The molecule has 3 nitrogen and oxygen atoms in total. The molecule has 0 saturated carbocycles. The first kappa shape index (κ1) is 10.3. The number of carbonyl (C=O) groups is 1. The lowest BCUT2D eigenvalue weighted by Gasteiger charge is -2.13. The summed E-state index contributed by atoms with van der Waals surface area (Å²) < 4.78 is 10.3. The van der Waals surface area contributed by atoms with Crippen LogP contribution in [0.25, 0.3) is 0 Å². The molecule has 0 aromatic rings. The first-order valence-electron chi connectivity index (χ1n) is 3.77. The van der Waals surface area contributed by atoms with Gasteiger partial charge in [0.15, 0.2) is 0 Å². The molecule has 0 spiro atoms. The smallest absolute Gasteiger partial charge is 0.318 e. The van der Waals surface area contributed by atoms with Crippen LogP contribution in [0.2, 0.25) is 0 Å². The van der Waals surface area contributed by atoms with E-state index in [0.29, 0.717) is 6.61 Å². The van der Waals surface area contributed by atoms with Crippen LogP contribution in [-0.4, -0.2) is 35.7 Å². The van der Waals surface area contributed by atoms with Crippen LogP contribution >= 0.6 is 27.7 Å². The maximum absolute atomic E-state index is 10.8. The van der Waals surface area contributed by atoms with Crippen LogP contribution in [0, 0.1) is 0 Å². The number of rotatable bonds is 2. The van der Waals surface area contributed by atoms with E-state index in [1.165, 1.54) is 0 Å². The molecule has 12 heavy (non-hydrogen) atoms. The molecule has 0 bridgehead atoms. The maximum atomic E-state index is 10.8. The first-order chi connectivity index (χ1) is 5.83. The molecule has 0 amide bonds. The summed E-state index contributed by atoms with van der Waals surface area (Å²) in [6.07, 6.45) is 0.690. The third kappa shape index (κ3) is 3.78. The summed E-state index contributed by atoms with van der Waals surface area (Å²) in [6.45, 7) is 0.688. The van der Waals surface area contributed by atoms with E-state index in [-0.39, 0.29) is 17.6 Å². The van der Waals surface area contributed by atoms with Gasteiger partial charge < -0.3 is 9.47 Å². The Kier molecular flexibility index (Phi) is 5.02. The van der Waals surface area contributed by atoms with Crippen molar-refractivity contribution in [2.45, 2.75) is 12.7 Å². The van der Waals surface area contributed by atoms with E-state index < -0.39 is 0 Å². The van der Waals surface area contributed by atoms with Gasteiger partial charge in [0.2, 0.25) is 6.29 Å². The number of hydrogen-bond acceptors (Lipinski definition) is 4. The van der Waals surface area contributed by atoms with E-state index in [1.54, 1.807) is 11.8 Å². The molecule has 1 atom stereocenters. The fourth-order valence-corrected chi connectivity index (χ4v) is 1.83. The fourth-order valence-electron chi connectivity index (χ4n) is 0.850. The van der Waals surface area contributed by atoms with Crippen LogP contribution in [0.4, 0.5) is 0 Å². The number of halogens is 1. The number of carbonyl (C=O) groups excluding carboxylic acids is 1. The highest BCUT2D eigenvalue weighted by Gasteiger charge is 2.16. The fraction of sp³-hybridized carbons (Fsp3) is 0.857. The summed E-state index contributed by atoms with van der Waals surface area (Å²) in [5.74, 6) is 1.57. The number of esters is 1. The molecule has 1 aliphatic rings. The van der Waals surface area contributed by atoms with Gasteiger partial charge in [0.05, 0.1) is 12.4 Å².